The Morgan fingerprint density at radius 2 is 2.15 bits per heavy atom. The van der Waals surface area contributed by atoms with Crippen LogP contribution in [0.5, 0.6) is 0 Å². The minimum Gasteiger partial charge on any atom is -0.398 e. The Labute approximate surface area is 84.5 Å². The molecule has 1 rings (SSSR count). The van der Waals surface area contributed by atoms with Crippen LogP contribution in [0.1, 0.15) is 5.56 Å². The number of amides is 1. The summed E-state index contributed by atoms with van der Waals surface area (Å²) in [4.78, 5) is 10.4. The van der Waals surface area contributed by atoms with E-state index in [1.807, 2.05) is 6.07 Å². The van der Waals surface area contributed by atoms with Gasteiger partial charge in [0.25, 0.3) is 0 Å². The average Bonchev–Trinajstić information content (AvgIpc) is 2.07. The minimum atomic E-state index is -0.465. The molecule has 68 valence electrons. The van der Waals surface area contributed by atoms with E-state index in [0.717, 1.165) is 10.0 Å². The highest BCUT2D eigenvalue weighted by Crippen LogP contribution is 2.20. The molecule has 0 bridgehead atoms. The molecule has 1 aromatic rings. The van der Waals surface area contributed by atoms with Crippen LogP contribution in [-0.2, 0) is 4.79 Å². The lowest BCUT2D eigenvalue weighted by molar-refractivity contribution is -0.113. The Balaban J connectivity index is 2.92. The summed E-state index contributed by atoms with van der Waals surface area (Å²) in [6.07, 6.45) is 2.94. The Kier molecular flexibility index (Phi) is 3.08. The molecule has 0 atom stereocenters. The van der Waals surface area contributed by atoms with Crippen LogP contribution in [0.25, 0.3) is 6.08 Å². The van der Waals surface area contributed by atoms with Gasteiger partial charge in [0.1, 0.15) is 0 Å². The molecular formula is C9H9BrN2O. The number of carbonyl (C=O) groups is 1. The number of hydrogen-bond acceptors (Lipinski definition) is 2. The molecule has 1 aromatic carbocycles. The van der Waals surface area contributed by atoms with Crippen LogP contribution < -0.4 is 11.5 Å². The van der Waals surface area contributed by atoms with Crippen LogP contribution in [0.3, 0.4) is 0 Å². The molecule has 4 N–H and O–H groups in total. The SMILES string of the molecule is NC(=O)C=Cc1ccc(N)c(Br)c1. The molecule has 0 saturated heterocycles. The summed E-state index contributed by atoms with van der Waals surface area (Å²) in [5.74, 6) is -0.465. The number of primary amides is 1. The molecule has 0 unspecified atom stereocenters. The fourth-order valence-corrected chi connectivity index (χ4v) is 1.22. The van der Waals surface area contributed by atoms with E-state index in [1.165, 1.54) is 6.08 Å². The molecule has 0 aliphatic heterocycles. The monoisotopic (exact) mass is 240 g/mol. The zero-order valence-corrected chi connectivity index (χ0v) is 8.41. The van der Waals surface area contributed by atoms with Crippen molar-refractivity contribution in [2.45, 2.75) is 0 Å². The zero-order chi connectivity index (χ0) is 9.84. The van der Waals surface area contributed by atoms with Gasteiger partial charge in [-0.25, -0.2) is 0 Å². The van der Waals surface area contributed by atoms with Gasteiger partial charge in [-0.3, -0.25) is 4.79 Å². The van der Waals surface area contributed by atoms with Crippen LogP contribution in [-0.4, -0.2) is 5.91 Å². The van der Waals surface area contributed by atoms with Crippen LogP contribution in [0.4, 0.5) is 5.69 Å². The van der Waals surface area contributed by atoms with Crippen molar-refractivity contribution >= 4 is 33.6 Å². The van der Waals surface area contributed by atoms with E-state index in [9.17, 15) is 4.79 Å². The van der Waals surface area contributed by atoms with Gasteiger partial charge in [-0.1, -0.05) is 6.07 Å². The van der Waals surface area contributed by atoms with E-state index < -0.39 is 5.91 Å². The van der Waals surface area contributed by atoms with Gasteiger partial charge in [0.15, 0.2) is 0 Å². The molecule has 0 fully saturated rings. The van der Waals surface area contributed by atoms with Crippen molar-refractivity contribution < 1.29 is 4.79 Å². The first-order chi connectivity index (χ1) is 6.09. The van der Waals surface area contributed by atoms with Gasteiger partial charge in [-0.2, -0.15) is 0 Å². The minimum absolute atomic E-state index is 0.465. The second-order valence-corrected chi connectivity index (χ2v) is 3.37. The number of benzene rings is 1. The molecule has 1 amide bonds. The Bertz CT molecular complexity index is 361. The van der Waals surface area contributed by atoms with Crippen molar-refractivity contribution in [1.29, 1.82) is 0 Å². The third-order valence-electron chi connectivity index (χ3n) is 1.46. The topological polar surface area (TPSA) is 69.1 Å². The lowest BCUT2D eigenvalue weighted by Crippen LogP contribution is -2.05. The third-order valence-corrected chi connectivity index (χ3v) is 2.15. The first-order valence-corrected chi connectivity index (χ1v) is 4.41. The first kappa shape index (κ1) is 9.80. The van der Waals surface area contributed by atoms with Crippen LogP contribution >= 0.6 is 15.9 Å². The normalized spacial score (nSPS) is 10.5. The zero-order valence-electron chi connectivity index (χ0n) is 6.83. The fraction of sp³-hybridized carbons (Fsp3) is 0. The van der Waals surface area contributed by atoms with Crippen molar-refractivity contribution in [3.05, 3.63) is 34.3 Å². The average molecular weight is 241 g/mol. The summed E-state index contributed by atoms with van der Waals surface area (Å²) in [6, 6.07) is 5.37. The summed E-state index contributed by atoms with van der Waals surface area (Å²) < 4.78 is 0.805. The molecule has 0 aromatic heterocycles. The van der Waals surface area contributed by atoms with Crippen LogP contribution in [0, 0.1) is 0 Å². The van der Waals surface area contributed by atoms with E-state index in [0.29, 0.717) is 5.69 Å². The molecule has 0 aliphatic carbocycles. The van der Waals surface area contributed by atoms with Crippen molar-refractivity contribution in [1.82, 2.24) is 0 Å². The molecule has 0 aliphatic rings. The summed E-state index contributed by atoms with van der Waals surface area (Å²) in [5.41, 5.74) is 12.1. The van der Waals surface area contributed by atoms with Crippen molar-refractivity contribution in [2.75, 3.05) is 5.73 Å². The number of hydrogen-bond donors (Lipinski definition) is 2. The summed E-state index contributed by atoms with van der Waals surface area (Å²) >= 11 is 3.28. The van der Waals surface area contributed by atoms with Crippen molar-refractivity contribution in [3.63, 3.8) is 0 Å². The largest absolute Gasteiger partial charge is 0.398 e. The second-order valence-electron chi connectivity index (χ2n) is 2.52. The molecular weight excluding hydrogens is 232 g/mol. The van der Waals surface area contributed by atoms with Crippen LogP contribution in [0.15, 0.2) is 28.7 Å². The van der Waals surface area contributed by atoms with Gasteiger partial charge in [-0.05, 0) is 39.7 Å². The molecule has 4 heteroatoms. The molecule has 0 spiro atoms. The van der Waals surface area contributed by atoms with Crippen LogP contribution in [0.2, 0.25) is 0 Å². The molecule has 0 radical (unpaired) electrons. The molecule has 0 heterocycles. The molecule has 3 nitrogen and oxygen atoms in total. The second kappa shape index (κ2) is 4.09. The van der Waals surface area contributed by atoms with Crippen molar-refractivity contribution in [3.8, 4) is 0 Å². The number of rotatable bonds is 2. The van der Waals surface area contributed by atoms with E-state index in [4.69, 9.17) is 11.5 Å². The Morgan fingerprint density at radius 1 is 1.46 bits per heavy atom. The third kappa shape index (κ3) is 2.91. The highest BCUT2D eigenvalue weighted by atomic mass is 79.9. The van der Waals surface area contributed by atoms with Gasteiger partial charge in [0.2, 0.25) is 5.91 Å². The first-order valence-electron chi connectivity index (χ1n) is 3.62. The lowest BCUT2D eigenvalue weighted by Gasteiger charge is -1.98. The Morgan fingerprint density at radius 3 is 2.69 bits per heavy atom. The van der Waals surface area contributed by atoms with Gasteiger partial charge in [-0.15, -0.1) is 0 Å². The number of anilines is 1. The lowest BCUT2D eigenvalue weighted by atomic mass is 10.2. The van der Waals surface area contributed by atoms with Crippen molar-refractivity contribution in [2.24, 2.45) is 5.73 Å². The maximum atomic E-state index is 10.4. The smallest absolute Gasteiger partial charge is 0.241 e. The number of nitrogens with two attached hydrogens (primary N) is 2. The van der Waals surface area contributed by atoms with E-state index >= 15 is 0 Å². The number of carbonyl (C=O) groups excluding carboxylic acids is 1. The molecule has 0 saturated carbocycles. The van der Waals surface area contributed by atoms with E-state index in [1.54, 1.807) is 18.2 Å². The van der Waals surface area contributed by atoms with Gasteiger partial charge in [0, 0.05) is 16.2 Å². The number of nitrogen functional groups attached to an aromatic ring is 1. The Hall–Kier alpha value is -1.29. The summed E-state index contributed by atoms with van der Waals surface area (Å²) in [5, 5.41) is 0. The van der Waals surface area contributed by atoms with Gasteiger partial charge >= 0.3 is 0 Å². The maximum absolute atomic E-state index is 10.4. The highest BCUT2D eigenvalue weighted by molar-refractivity contribution is 9.10. The van der Waals surface area contributed by atoms with Gasteiger partial charge in [0.05, 0.1) is 0 Å². The fourth-order valence-electron chi connectivity index (χ4n) is 0.825. The van der Waals surface area contributed by atoms with E-state index in [2.05, 4.69) is 15.9 Å². The standard InChI is InChI=1S/C9H9BrN2O/c10-7-5-6(1-3-8(7)11)2-4-9(12)13/h1-5H,11H2,(H2,12,13). The number of halogens is 1. The molecule has 13 heavy (non-hydrogen) atoms. The predicted molar refractivity (Wildman–Crippen MR) is 56.8 cm³/mol. The van der Waals surface area contributed by atoms with E-state index in [-0.39, 0.29) is 0 Å². The van der Waals surface area contributed by atoms with Gasteiger partial charge < -0.3 is 11.5 Å². The highest BCUT2D eigenvalue weighted by Gasteiger charge is 1.94. The maximum Gasteiger partial charge on any atom is 0.241 e. The quantitative estimate of drug-likeness (QED) is 0.608. The predicted octanol–water partition coefficient (Wildman–Crippen LogP) is 1.53. The summed E-state index contributed by atoms with van der Waals surface area (Å²) in [7, 11) is 0. The summed E-state index contributed by atoms with van der Waals surface area (Å²) in [6.45, 7) is 0.